The number of halogens is 3. The van der Waals surface area contributed by atoms with Crippen LogP contribution in [0.3, 0.4) is 0 Å². The van der Waals surface area contributed by atoms with E-state index in [0.717, 1.165) is 69.0 Å². The summed E-state index contributed by atoms with van der Waals surface area (Å²) in [7, 11) is 0. The second-order valence-corrected chi connectivity index (χ2v) is 13.2. The number of alkyl halides is 3. The predicted molar refractivity (Wildman–Crippen MR) is 209 cm³/mol. The molecule has 6 aromatic rings. The van der Waals surface area contributed by atoms with E-state index in [2.05, 4.69) is 158 Å². The highest BCUT2D eigenvalue weighted by atomic mass is 19.4. The van der Waals surface area contributed by atoms with Crippen molar-refractivity contribution in [3.63, 3.8) is 0 Å². The van der Waals surface area contributed by atoms with Gasteiger partial charge in [-0.1, -0.05) is 90.0 Å². The van der Waals surface area contributed by atoms with Gasteiger partial charge in [-0.15, -0.1) is 0 Å². The fourth-order valence-corrected chi connectivity index (χ4v) is 6.96. The Morgan fingerprint density at radius 2 is 0.980 bits per heavy atom. The van der Waals surface area contributed by atoms with Crippen molar-refractivity contribution >= 4 is 39.2 Å². The van der Waals surface area contributed by atoms with Gasteiger partial charge < -0.3 is 15.1 Å². The van der Waals surface area contributed by atoms with Crippen molar-refractivity contribution in [1.29, 1.82) is 0 Å². The molecule has 0 aliphatic heterocycles. The first-order valence-electron chi connectivity index (χ1n) is 17.9. The minimum absolute atomic E-state index is 0.0234. The number of nitrogens with zero attached hydrogens (tertiary/aromatic N) is 2. The third-order valence-corrected chi connectivity index (χ3v) is 9.62. The van der Waals surface area contributed by atoms with Gasteiger partial charge in [0.25, 0.3) is 0 Å². The molecule has 3 nitrogen and oxygen atoms in total. The first-order valence-corrected chi connectivity index (χ1v) is 17.9. The summed E-state index contributed by atoms with van der Waals surface area (Å²) in [4.78, 5) is 4.62. The Labute approximate surface area is 300 Å². The van der Waals surface area contributed by atoms with Gasteiger partial charge in [-0.2, -0.15) is 13.2 Å². The zero-order valence-corrected chi connectivity index (χ0v) is 29.8. The van der Waals surface area contributed by atoms with Gasteiger partial charge in [-0.3, -0.25) is 0 Å². The summed E-state index contributed by atoms with van der Waals surface area (Å²) in [6, 6.07) is 47.3. The topological polar surface area (TPSA) is 18.5 Å². The Hall–Kier alpha value is -5.23. The molecule has 0 aliphatic rings. The van der Waals surface area contributed by atoms with Crippen molar-refractivity contribution < 1.29 is 13.2 Å². The Balaban J connectivity index is 1.40. The van der Waals surface area contributed by atoms with E-state index in [9.17, 15) is 13.2 Å². The lowest BCUT2D eigenvalue weighted by Crippen LogP contribution is -2.16. The Morgan fingerprint density at radius 3 is 1.41 bits per heavy atom. The van der Waals surface area contributed by atoms with Crippen LogP contribution in [-0.2, 0) is 0 Å². The number of anilines is 5. The van der Waals surface area contributed by atoms with Crippen LogP contribution >= 0.6 is 0 Å². The molecular weight excluding hydrogens is 640 g/mol. The van der Waals surface area contributed by atoms with Crippen LogP contribution in [0.1, 0.15) is 60.4 Å². The molecule has 6 heteroatoms. The number of fused-ring (bicyclic) bond motifs is 1. The smallest absolute Gasteiger partial charge is 0.385 e. The quantitative estimate of drug-likeness (QED) is 0.0964. The first kappa shape index (κ1) is 35.6. The number of hydrogen-bond donors (Lipinski definition) is 1. The molecule has 0 bridgehead atoms. The van der Waals surface area contributed by atoms with Crippen molar-refractivity contribution in [3.05, 3.63) is 161 Å². The molecule has 0 saturated carbocycles. The highest BCUT2D eigenvalue weighted by Crippen LogP contribution is 2.40. The van der Waals surface area contributed by atoms with Crippen LogP contribution in [0.15, 0.2) is 133 Å². The standard InChI is InChI=1S/C45H46F3N3/c1-5-50(36-20-12-32(3)13-21-36)38-24-16-34(17-25-38)44(35-18-26-39(27-19-35)51(6-2)37-22-14-33(4)15-23-37)42-28-29-43(41-11-8-7-10-40(41)42)49-31-9-30-45(46,47)48/h7-8,10-29,44,49H,5-6,9,30-31H2,1-4H3. The lowest BCUT2D eigenvalue weighted by molar-refractivity contribution is -0.134. The van der Waals surface area contributed by atoms with Gasteiger partial charge in [-0.05, 0) is 111 Å². The number of nitrogens with one attached hydrogen (secondary N) is 1. The molecule has 0 aliphatic carbocycles. The van der Waals surface area contributed by atoms with Crippen LogP contribution in [-0.4, -0.2) is 25.8 Å². The van der Waals surface area contributed by atoms with Crippen LogP contribution in [0.25, 0.3) is 10.8 Å². The van der Waals surface area contributed by atoms with E-state index >= 15 is 0 Å². The second kappa shape index (κ2) is 15.8. The maximum absolute atomic E-state index is 12.8. The van der Waals surface area contributed by atoms with Crippen LogP contribution in [0.5, 0.6) is 0 Å². The zero-order chi connectivity index (χ0) is 36.0. The van der Waals surface area contributed by atoms with Crippen LogP contribution in [0.2, 0.25) is 0 Å². The largest absolute Gasteiger partial charge is 0.389 e. The molecule has 6 aromatic carbocycles. The molecule has 0 aromatic heterocycles. The van der Waals surface area contributed by atoms with Crippen molar-refractivity contribution in [2.75, 3.05) is 34.8 Å². The lowest BCUT2D eigenvalue weighted by Gasteiger charge is -2.27. The third-order valence-electron chi connectivity index (χ3n) is 9.62. The summed E-state index contributed by atoms with van der Waals surface area (Å²) in [5, 5.41) is 5.35. The molecule has 0 atom stereocenters. The molecule has 51 heavy (non-hydrogen) atoms. The van der Waals surface area contributed by atoms with E-state index in [1.165, 1.54) is 11.1 Å². The van der Waals surface area contributed by atoms with Gasteiger partial charge in [0, 0.05) is 65.8 Å². The van der Waals surface area contributed by atoms with Gasteiger partial charge >= 0.3 is 6.18 Å². The summed E-state index contributed by atoms with van der Waals surface area (Å²) in [5.41, 5.74) is 11.3. The molecule has 0 radical (unpaired) electrons. The predicted octanol–water partition coefficient (Wildman–Crippen LogP) is 12.7. The molecule has 0 spiro atoms. The van der Waals surface area contributed by atoms with Crippen LogP contribution < -0.4 is 15.1 Å². The highest BCUT2D eigenvalue weighted by Gasteiger charge is 2.26. The number of benzene rings is 6. The molecule has 1 N–H and O–H groups in total. The SMILES string of the molecule is CCN(c1ccc(C)cc1)c1ccc(C(c2ccc(N(CC)c3ccc(C)cc3)cc2)c2ccc(NCCCC(F)(F)F)c3ccccc23)cc1. The monoisotopic (exact) mass is 685 g/mol. The van der Waals surface area contributed by atoms with Gasteiger partial charge in [0.2, 0.25) is 0 Å². The zero-order valence-electron chi connectivity index (χ0n) is 29.8. The minimum atomic E-state index is -4.16. The van der Waals surface area contributed by atoms with Gasteiger partial charge in [0.05, 0.1) is 0 Å². The number of hydrogen-bond acceptors (Lipinski definition) is 3. The summed E-state index contributed by atoms with van der Waals surface area (Å²) < 4.78 is 38.5. The van der Waals surface area contributed by atoms with E-state index in [1.54, 1.807) is 0 Å². The Kier molecular flexibility index (Phi) is 11.0. The first-order chi connectivity index (χ1) is 24.6. The summed E-state index contributed by atoms with van der Waals surface area (Å²) in [6.45, 7) is 10.5. The van der Waals surface area contributed by atoms with E-state index in [1.807, 2.05) is 18.2 Å². The fraction of sp³-hybridized carbons (Fsp3) is 0.244. The van der Waals surface area contributed by atoms with Crippen LogP contribution in [0.4, 0.5) is 41.6 Å². The van der Waals surface area contributed by atoms with Crippen molar-refractivity contribution in [2.45, 2.75) is 52.6 Å². The van der Waals surface area contributed by atoms with E-state index in [-0.39, 0.29) is 18.9 Å². The number of aryl methyl sites for hydroxylation is 2. The Morgan fingerprint density at radius 1 is 0.549 bits per heavy atom. The second-order valence-electron chi connectivity index (χ2n) is 13.2. The maximum atomic E-state index is 12.8. The van der Waals surface area contributed by atoms with Crippen molar-refractivity contribution in [3.8, 4) is 0 Å². The average Bonchev–Trinajstić information content (AvgIpc) is 3.14. The molecular formula is C45H46F3N3. The van der Waals surface area contributed by atoms with Gasteiger partial charge in [0.15, 0.2) is 0 Å². The normalized spacial score (nSPS) is 11.6. The van der Waals surface area contributed by atoms with Gasteiger partial charge in [0.1, 0.15) is 0 Å². The summed E-state index contributed by atoms with van der Waals surface area (Å²) in [5.74, 6) is -0.0822. The van der Waals surface area contributed by atoms with E-state index in [0.29, 0.717) is 0 Å². The molecule has 6 rings (SSSR count). The molecule has 0 unspecified atom stereocenters. The van der Waals surface area contributed by atoms with Crippen molar-refractivity contribution in [1.82, 2.24) is 0 Å². The molecule has 0 heterocycles. The van der Waals surface area contributed by atoms with E-state index in [4.69, 9.17) is 0 Å². The van der Waals surface area contributed by atoms with Gasteiger partial charge in [-0.25, -0.2) is 0 Å². The molecule has 0 saturated heterocycles. The summed E-state index contributed by atoms with van der Waals surface area (Å²) in [6.07, 6.45) is -4.94. The lowest BCUT2D eigenvalue weighted by atomic mass is 9.82. The summed E-state index contributed by atoms with van der Waals surface area (Å²) >= 11 is 0. The van der Waals surface area contributed by atoms with Crippen LogP contribution in [0, 0.1) is 13.8 Å². The maximum Gasteiger partial charge on any atom is 0.389 e. The minimum Gasteiger partial charge on any atom is -0.385 e. The average molecular weight is 686 g/mol. The van der Waals surface area contributed by atoms with Crippen molar-refractivity contribution in [2.24, 2.45) is 0 Å². The molecule has 0 amide bonds. The number of rotatable bonds is 13. The fourth-order valence-electron chi connectivity index (χ4n) is 6.96. The highest BCUT2D eigenvalue weighted by molar-refractivity contribution is 5.97. The van der Waals surface area contributed by atoms with E-state index < -0.39 is 12.6 Å². The molecule has 0 fully saturated rings. The third kappa shape index (κ3) is 8.39. The molecule has 262 valence electrons. The Bertz CT molecular complexity index is 1920.